The van der Waals surface area contributed by atoms with Crippen molar-refractivity contribution in [1.82, 2.24) is 9.97 Å². The number of hydrogen-bond acceptors (Lipinski definition) is 4. The Morgan fingerprint density at radius 2 is 2.25 bits per heavy atom. The molecule has 6 heteroatoms. The van der Waals surface area contributed by atoms with Gasteiger partial charge in [-0.3, -0.25) is 4.79 Å². The molecule has 2 N–H and O–H groups in total. The Labute approximate surface area is 126 Å². The third-order valence-corrected chi connectivity index (χ3v) is 4.20. The standard InChI is InChI=1S/C14H15ClN2O2S/c1-2-4-10-7-12(19)17-14(16-10)20-13-9(8-18)5-3-6-11(13)15/h3,5-7,18H,2,4,8H2,1H3,(H,16,17,19). The molecule has 0 unspecified atom stereocenters. The number of halogens is 1. The van der Waals surface area contributed by atoms with E-state index in [0.29, 0.717) is 20.6 Å². The van der Waals surface area contributed by atoms with Gasteiger partial charge in [0, 0.05) is 16.7 Å². The van der Waals surface area contributed by atoms with Crippen LogP contribution in [-0.2, 0) is 13.0 Å². The second-order valence-electron chi connectivity index (χ2n) is 4.28. The number of aryl methyl sites for hydroxylation is 1. The Morgan fingerprint density at radius 3 is 2.95 bits per heavy atom. The quantitative estimate of drug-likeness (QED) is 0.833. The van der Waals surface area contributed by atoms with Crippen LogP contribution in [0.3, 0.4) is 0 Å². The Balaban J connectivity index is 2.37. The zero-order valence-corrected chi connectivity index (χ0v) is 12.6. The molecule has 20 heavy (non-hydrogen) atoms. The van der Waals surface area contributed by atoms with E-state index in [1.165, 1.54) is 17.8 Å². The molecule has 0 aliphatic heterocycles. The molecular formula is C14H15ClN2O2S. The van der Waals surface area contributed by atoms with Crippen molar-refractivity contribution in [3.63, 3.8) is 0 Å². The molecule has 0 aliphatic carbocycles. The lowest BCUT2D eigenvalue weighted by Gasteiger charge is -2.09. The molecule has 0 bridgehead atoms. The van der Waals surface area contributed by atoms with Crippen LogP contribution in [0.15, 0.2) is 39.1 Å². The summed E-state index contributed by atoms with van der Waals surface area (Å²) in [4.78, 5) is 19.4. The lowest BCUT2D eigenvalue weighted by atomic mass is 10.2. The van der Waals surface area contributed by atoms with Crippen molar-refractivity contribution in [3.8, 4) is 0 Å². The topological polar surface area (TPSA) is 66.0 Å². The normalized spacial score (nSPS) is 10.8. The molecular weight excluding hydrogens is 296 g/mol. The van der Waals surface area contributed by atoms with Gasteiger partial charge in [0.05, 0.1) is 11.6 Å². The minimum atomic E-state index is -0.177. The van der Waals surface area contributed by atoms with Gasteiger partial charge in [0.1, 0.15) is 0 Å². The number of aromatic amines is 1. The second-order valence-corrected chi connectivity index (χ2v) is 5.69. The van der Waals surface area contributed by atoms with E-state index in [2.05, 4.69) is 9.97 Å². The van der Waals surface area contributed by atoms with Gasteiger partial charge in [0.2, 0.25) is 0 Å². The fourth-order valence-electron chi connectivity index (χ4n) is 1.80. The lowest BCUT2D eigenvalue weighted by Crippen LogP contribution is -2.10. The number of aromatic nitrogens is 2. The maximum absolute atomic E-state index is 11.6. The summed E-state index contributed by atoms with van der Waals surface area (Å²) < 4.78 is 0. The molecule has 2 aromatic rings. The highest BCUT2D eigenvalue weighted by atomic mass is 35.5. The van der Waals surface area contributed by atoms with Crippen LogP contribution in [0.4, 0.5) is 0 Å². The SMILES string of the molecule is CCCc1cc(=O)[nH]c(Sc2c(Cl)cccc2CO)n1. The predicted molar refractivity (Wildman–Crippen MR) is 80.4 cm³/mol. The number of hydrogen-bond donors (Lipinski definition) is 2. The summed E-state index contributed by atoms with van der Waals surface area (Å²) in [5.41, 5.74) is 1.30. The number of aliphatic hydroxyl groups excluding tert-OH is 1. The fraction of sp³-hybridized carbons (Fsp3) is 0.286. The molecule has 2 rings (SSSR count). The van der Waals surface area contributed by atoms with Crippen LogP contribution in [0, 0.1) is 0 Å². The van der Waals surface area contributed by atoms with E-state index in [4.69, 9.17) is 11.6 Å². The van der Waals surface area contributed by atoms with Gasteiger partial charge in [-0.25, -0.2) is 4.98 Å². The van der Waals surface area contributed by atoms with Crippen LogP contribution in [0.1, 0.15) is 24.6 Å². The molecule has 0 aliphatic rings. The van der Waals surface area contributed by atoms with Crippen LogP contribution < -0.4 is 5.56 Å². The molecule has 0 fully saturated rings. The van der Waals surface area contributed by atoms with Gasteiger partial charge >= 0.3 is 0 Å². The van der Waals surface area contributed by atoms with Crippen molar-refractivity contribution in [2.75, 3.05) is 0 Å². The van der Waals surface area contributed by atoms with Gasteiger partial charge in [-0.1, -0.05) is 37.1 Å². The minimum Gasteiger partial charge on any atom is -0.392 e. The van der Waals surface area contributed by atoms with Crippen molar-refractivity contribution in [2.45, 2.75) is 36.4 Å². The number of aliphatic hydroxyl groups is 1. The number of H-pyrrole nitrogens is 1. The molecule has 1 heterocycles. The van der Waals surface area contributed by atoms with Gasteiger partial charge in [0.25, 0.3) is 5.56 Å². The van der Waals surface area contributed by atoms with Crippen molar-refractivity contribution < 1.29 is 5.11 Å². The molecule has 0 atom stereocenters. The number of nitrogens with zero attached hydrogens (tertiary/aromatic N) is 1. The number of benzene rings is 1. The predicted octanol–water partition coefficient (Wildman–Crippen LogP) is 3.02. The van der Waals surface area contributed by atoms with E-state index in [9.17, 15) is 9.90 Å². The molecule has 1 aromatic heterocycles. The summed E-state index contributed by atoms with van der Waals surface area (Å²) in [6.07, 6.45) is 1.68. The van der Waals surface area contributed by atoms with Crippen molar-refractivity contribution in [1.29, 1.82) is 0 Å². The Hall–Kier alpha value is -1.30. The highest BCUT2D eigenvalue weighted by molar-refractivity contribution is 7.99. The molecule has 1 aromatic carbocycles. The number of rotatable bonds is 5. The molecule has 0 radical (unpaired) electrons. The monoisotopic (exact) mass is 310 g/mol. The zero-order chi connectivity index (χ0) is 14.5. The summed E-state index contributed by atoms with van der Waals surface area (Å²) in [7, 11) is 0. The van der Waals surface area contributed by atoms with E-state index < -0.39 is 0 Å². The van der Waals surface area contributed by atoms with Gasteiger partial charge in [-0.2, -0.15) is 0 Å². The molecule has 0 spiro atoms. The van der Waals surface area contributed by atoms with Crippen molar-refractivity contribution >= 4 is 23.4 Å². The van der Waals surface area contributed by atoms with Gasteiger partial charge in [-0.05, 0) is 29.8 Å². The summed E-state index contributed by atoms with van der Waals surface area (Å²) in [6.45, 7) is 1.93. The van der Waals surface area contributed by atoms with Crippen LogP contribution in [0.5, 0.6) is 0 Å². The van der Waals surface area contributed by atoms with Crippen LogP contribution in [0.25, 0.3) is 0 Å². The molecule has 0 amide bonds. The van der Waals surface area contributed by atoms with Gasteiger partial charge < -0.3 is 10.1 Å². The molecule has 106 valence electrons. The maximum Gasteiger partial charge on any atom is 0.251 e. The molecule has 0 saturated heterocycles. The average molecular weight is 311 g/mol. The Morgan fingerprint density at radius 1 is 1.45 bits per heavy atom. The number of nitrogens with one attached hydrogen (secondary N) is 1. The van der Waals surface area contributed by atoms with Crippen LogP contribution in [-0.4, -0.2) is 15.1 Å². The first kappa shape index (κ1) is 15.1. The Bertz CT molecular complexity index is 658. The first-order chi connectivity index (χ1) is 9.63. The highest BCUT2D eigenvalue weighted by Crippen LogP contribution is 2.34. The van der Waals surface area contributed by atoms with Crippen LogP contribution >= 0.6 is 23.4 Å². The molecule has 0 saturated carbocycles. The van der Waals surface area contributed by atoms with Gasteiger partial charge in [0.15, 0.2) is 5.16 Å². The van der Waals surface area contributed by atoms with E-state index in [1.54, 1.807) is 18.2 Å². The molecule has 4 nitrogen and oxygen atoms in total. The van der Waals surface area contributed by atoms with Crippen LogP contribution in [0.2, 0.25) is 5.02 Å². The van der Waals surface area contributed by atoms with E-state index in [0.717, 1.165) is 18.5 Å². The second kappa shape index (κ2) is 6.92. The summed E-state index contributed by atoms with van der Waals surface area (Å²) in [5, 5.41) is 10.4. The smallest absolute Gasteiger partial charge is 0.251 e. The van der Waals surface area contributed by atoms with Crippen molar-refractivity contribution in [3.05, 3.63) is 50.9 Å². The van der Waals surface area contributed by atoms with Gasteiger partial charge in [-0.15, -0.1) is 0 Å². The summed E-state index contributed by atoms with van der Waals surface area (Å²) >= 11 is 7.41. The zero-order valence-electron chi connectivity index (χ0n) is 11.0. The fourth-order valence-corrected chi connectivity index (χ4v) is 3.05. The van der Waals surface area contributed by atoms with E-state index >= 15 is 0 Å². The first-order valence-electron chi connectivity index (χ1n) is 6.30. The van der Waals surface area contributed by atoms with E-state index in [-0.39, 0.29) is 12.2 Å². The van der Waals surface area contributed by atoms with Crippen molar-refractivity contribution in [2.24, 2.45) is 0 Å². The Kier molecular flexibility index (Phi) is 5.23. The third kappa shape index (κ3) is 3.62. The minimum absolute atomic E-state index is 0.109. The highest BCUT2D eigenvalue weighted by Gasteiger charge is 2.10. The largest absolute Gasteiger partial charge is 0.392 e. The first-order valence-corrected chi connectivity index (χ1v) is 7.49. The lowest BCUT2D eigenvalue weighted by molar-refractivity contribution is 0.279. The average Bonchev–Trinajstić information content (AvgIpc) is 2.41. The summed E-state index contributed by atoms with van der Waals surface area (Å²) in [6, 6.07) is 6.83. The summed E-state index contributed by atoms with van der Waals surface area (Å²) in [5.74, 6) is 0. The third-order valence-electron chi connectivity index (χ3n) is 2.70. The maximum atomic E-state index is 11.6. The van der Waals surface area contributed by atoms with E-state index in [1.807, 2.05) is 6.92 Å².